The van der Waals surface area contributed by atoms with Crippen LogP contribution in [0.1, 0.15) is 11.5 Å². The topological polar surface area (TPSA) is 43.1 Å². The van der Waals surface area contributed by atoms with Crippen molar-refractivity contribution in [3.05, 3.63) is 22.3 Å². The average Bonchev–Trinajstić information content (AvgIpc) is 2.33. The van der Waals surface area contributed by atoms with Crippen LogP contribution in [-0.4, -0.2) is 19.6 Å². The highest BCUT2D eigenvalue weighted by Crippen LogP contribution is 2.11. The second-order valence-corrected chi connectivity index (χ2v) is 3.40. The summed E-state index contributed by atoms with van der Waals surface area (Å²) in [5, 5.41) is 7.94. The first-order valence-corrected chi connectivity index (χ1v) is 4.32. The van der Waals surface area contributed by atoms with Crippen LogP contribution < -0.4 is 0 Å². The van der Waals surface area contributed by atoms with E-state index >= 15 is 0 Å². The molecule has 0 aromatic carbocycles. The molecule has 0 unspecified atom stereocenters. The SMILES string of the molecule is Cc1nc(Br)cn2c(C)nnc12. The molecule has 0 saturated carbocycles. The molecular formula is C7H7BrN4. The largest absolute Gasteiger partial charge is 0.282 e. The van der Waals surface area contributed by atoms with Crippen molar-refractivity contribution in [1.29, 1.82) is 0 Å². The molecule has 0 saturated heterocycles. The molecule has 0 bridgehead atoms. The first-order valence-electron chi connectivity index (χ1n) is 3.53. The molecule has 0 aliphatic heterocycles. The van der Waals surface area contributed by atoms with Crippen LogP contribution in [-0.2, 0) is 0 Å². The zero-order chi connectivity index (χ0) is 8.72. The summed E-state index contributed by atoms with van der Waals surface area (Å²) >= 11 is 3.31. The fraction of sp³-hybridized carbons (Fsp3) is 0.286. The van der Waals surface area contributed by atoms with Crippen LogP contribution in [0.4, 0.5) is 0 Å². The molecule has 0 radical (unpaired) electrons. The van der Waals surface area contributed by atoms with Gasteiger partial charge in [0, 0.05) is 6.20 Å². The van der Waals surface area contributed by atoms with E-state index in [1.54, 1.807) is 0 Å². The Kier molecular flexibility index (Phi) is 1.61. The molecule has 12 heavy (non-hydrogen) atoms. The molecule has 0 aliphatic carbocycles. The predicted octanol–water partition coefficient (Wildman–Crippen LogP) is 1.50. The molecule has 0 aliphatic rings. The number of nitrogens with zero attached hydrogens (tertiary/aromatic N) is 4. The van der Waals surface area contributed by atoms with Crippen LogP contribution in [0.15, 0.2) is 10.8 Å². The van der Waals surface area contributed by atoms with Crippen molar-refractivity contribution in [2.45, 2.75) is 13.8 Å². The van der Waals surface area contributed by atoms with Gasteiger partial charge in [-0.3, -0.25) is 4.40 Å². The van der Waals surface area contributed by atoms with E-state index in [-0.39, 0.29) is 0 Å². The Bertz CT molecular complexity index is 434. The zero-order valence-corrected chi connectivity index (χ0v) is 8.33. The molecule has 4 nitrogen and oxygen atoms in total. The second kappa shape index (κ2) is 2.52. The molecule has 2 heterocycles. The quantitative estimate of drug-likeness (QED) is 0.684. The second-order valence-electron chi connectivity index (χ2n) is 2.59. The van der Waals surface area contributed by atoms with Gasteiger partial charge in [0.15, 0.2) is 5.65 Å². The summed E-state index contributed by atoms with van der Waals surface area (Å²) in [6, 6.07) is 0. The van der Waals surface area contributed by atoms with E-state index < -0.39 is 0 Å². The first kappa shape index (κ1) is 7.67. The van der Waals surface area contributed by atoms with Crippen molar-refractivity contribution in [2.24, 2.45) is 0 Å². The molecule has 62 valence electrons. The van der Waals surface area contributed by atoms with Crippen LogP contribution in [0.5, 0.6) is 0 Å². The number of aromatic nitrogens is 4. The van der Waals surface area contributed by atoms with E-state index in [0.717, 1.165) is 21.8 Å². The Morgan fingerprint density at radius 3 is 2.83 bits per heavy atom. The monoisotopic (exact) mass is 226 g/mol. The van der Waals surface area contributed by atoms with E-state index in [1.165, 1.54) is 0 Å². The van der Waals surface area contributed by atoms with Crippen molar-refractivity contribution in [3.63, 3.8) is 0 Å². The van der Waals surface area contributed by atoms with Crippen molar-refractivity contribution in [1.82, 2.24) is 19.6 Å². The Hall–Kier alpha value is -0.970. The number of fused-ring (bicyclic) bond motifs is 1. The lowest BCUT2D eigenvalue weighted by molar-refractivity contribution is 0.990. The fourth-order valence-corrected chi connectivity index (χ4v) is 1.59. The minimum atomic E-state index is 0.801. The molecule has 2 aromatic heterocycles. The van der Waals surface area contributed by atoms with Gasteiger partial charge in [0.05, 0.1) is 5.69 Å². The summed E-state index contributed by atoms with van der Waals surface area (Å²) in [6.45, 7) is 3.82. The minimum absolute atomic E-state index is 0.801. The zero-order valence-electron chi connectivity index (χ0n) is 6.74. The maximum atomic E-state index is 4.21. The summed E-state index contributed by atoms with van der Waals surface area (Å²) in [7, 11) is 0. The smallest absolute Gasteiger partial charge is 0.182 e. The van der Waals surface area contributed by atoms with Gasteiger partial charge in [0.25, 0.3) is 0 Å². The normalized spacial score (nSPS) is 10.9. The summed E-state index contributed by atoms with van der Waals surface area (Å²) in [5.41, 5.74) is 1.70. The van der Waals surface area contributed by atoms with E-state index in [4.69, 9.17) is 0 Å². The molecule has 2 aromatic rings. The number of aryl methyl sites for hydroxylation is 2. The maximum Gasteiger partial charge on any atom is 0.182 e. The van der Waals surface area contributed by atoms with Crippen LogP contribution >= 0.6 is 15.9 Å². The van der Waals surface area contributed by atoms with E-state index in [9.17, 15) is 0 Å². The van der Waals surface area contributed by atoms with Gasteiger partial charge in [-0.15, -0.1) is 10.2 Å². The highest BCUT2D eigenvalue weighted by atomic mass is 79.9. The Balaban J connectivity index is 2.92. The lowest BCUT2D eigenvalue weighted by Gasteiger charge is -1.97. The number of rotatable bonds is 0. The van der Waals surface area contributed by atoms with E-state index in [0.29, 0.717) is 0 Å². The number of halogens is 1. The van der Waals surface area contributed by atoms with Gasteiger partial charge in [0.2, 0.25) is 0 Å². The summed E-state index contributed by atoms with van der Waals surface area (Å²) in [5.74, 6) is 0.871. The Labute approximate surface area is 77.8 Å². The van der Waals surface area contributed by atoms with Crippen LogP contribution in [0.25, 0.3) is 5.65 Å². The number of hydrogen-bond acceptors (Lipinski definition) is 3. The van der Waals surface area contributed by atoms with Gasteiger partial charge in [-0.1, -0.05) is 0 Å². The Morgan fingerprint density at radius 2 is 2.08 bits per heavy atom. The van der Waals surface area contributed by atoms with Gasteiger partial charge in [0.1, 0.15) is 10.4 Å². The molecule has 0 spiro atoms. The predicted molar refractivity (Wildman–Crippen MR) is 48.0 cm³/mol. The van der Waals surface area contributed by atoms with Crippen LogP contribution in [0, 0.1) is 13.8 Å². The molecule has 5 heteroatoms. The fourth-order valence-electron chi connectivity index (χ4n) is 1.12. The highest BCUT2D eigenvalue weighted by Gasteiger charge is 2.05. The van der Waals surface area contributed by atoms with Crippen molar-refractivity contribution >= 4 is 21.6 Å². The van der Waals surface area contributed by atoms with Crippen molar-refractivity contribution in [2.75, 3.05) is 0 Å². The van der Waals surface area contributed by atoms with Crippen LogP contribution in [0.3, 0.4) is 0 Å². The molecule has 0 N–H and O–H groups in total. The third-order valence-electron chi connectivity index (χ3n) is 1.70. The molecule has 2 rings (SSSR count). The third kappa shape index (κ3) is 1.01. The summed E-state index contributed by atoms with van der Waals surface area (Å²) < 4.78 is 2.71. The third-order valence-corrected chi connectivity index (χ3v) is 2.08. The first-order chi connectivity index (χ1) is 5.68. The molecule has 0 amide bonds. The standard InChI is InChI=1S/C7H7BrN4/c1-4-7-11-10-5(2)12(7)3-6(8)9-4/h3H,1-2H3. The molecule has 0 atom stereocenters. The minimum Gasteiger partial charge on any atom is -0.282 e. The van der Waals surface area contributed by atoms with Gasteiger partial charge in [-0.2, -0.15) is 0 Å². The van der Waals surface area contributed by atoms with Crippen LogP contribution in [0.2, 0.25) is 0 Å². The van der Waals surface area contributed by atoms with Gasteiger partial charge < -0.3 is 0 Å². The van der Waals surface area contributed by atoms with Gasteiger partial charge in [-0.05, 0) is 29.8 Å². The lowest BCUT2D eigenvalue weighted by Crippen LogP contribution is -1.93. The van der Waals surface area contributed by atoms with Crippen molar-refractivity contribution in [3.8, 4) is 0 Å². The summed E-state index contributed by atoms with van der Waals surface area (Å²) in [6.07, 6.45) is 1.86. The van der Waals surface area contributed by atoms with E-state index in [1.807, 2.05) is 24.4 Å². The Morgan fingerprint density at radius 1 is 1.33 bits per heavy atom. The number of hydrogen-bond donors (Lipinski definition) is 0. The van der Waals surface area contributed by atoms with Gasteiger partial charge in [-0.25, -0.2) is 4.98 Å². The highest BCUT2D eigenvalue weighted by molar-refractivity contribution is 9.10. The average molecular weight is 227 g/mol. The summed E-state index contributed by atoms with van der Waals surface area (Å²) in [4.78, 5) is 4.21. The lowest BCUT2D eigenvalue weighted by atomic mass is 10.5. The maximum absolute atomic E-state index is 4.21. The van der Waals surface area contributed by atoms with E-state index in [2.05, 4.69) is 31.1 Å². The van der Waals surface area contributed by atoms with Gasteiger partial charge >= 0.3 is 0 Å². The van der Waals surface area contributed by atoms with Crippen molar-refractivity contribution < 1.29 is 0 Å². The molecular weight excluding hydrogens is 220 g/mol. The molecule has 0 fully saturated rings.